The first kappa shape index (κ1) is 18.3. The molecule has 0 radical (unpaired) electrons. The number of urea groups is 1. The van der Waals surface area contributed by atoms with E-state index in [0.29, 0.717) is 11.7 Å². The summed E-state index contributed by atoms with van der Waals surface area (Å²) in [7, 11) is 0. The maximum absolute atomic E-state index is 13.2. The third-order valence-electron chi connectivity index (χ3n) is 6.44. The SMILES string of the molecule is CCc1ccc(-c2noc(CN3C(=O)N(C4CC4)C(=O)C4CCCCC43)n2)cc1. The van der Waals surface area contributed by atoms with Gasteiger partial charge >= 0.3 is 6.03 Å². The van der Waals surface area contributed by atoms with E-state index in [4.69, 9.17) is 4.52 Å². The molecule has 1 aromatic carbocycles. The van der Waals surface area contributed by atoms with Crippen LogP contribution in [0.2, 0.25) is 0 Å². The van der Waals surface area contributed by atoms with Crippen molar-refractivity contribution in [2.45, 2.75) is 70.5 Å². The van der Waals surface area contributed by atoms with Gasteiger partial charge in [0.2, 0.25) is 17.6 Å². The summed E-state index contributed by atoms with van der Waals surface area (Å²) < 4.78 is 5.49. The zero-order valence-corrected chi connectivity index (χ0v) is 16.7. The zero-order chi connectivity index (χ0) is 20.0. The van der Waals surface area contributed by atoms with Gasteiger partial charge in [-0.25, -0.2) is 4.79 Å². The summed E-state index contributed by atoms with van der Waals surface area (Å²) in [5.74, 6) is 0.886. The topological polar surface area (TPSA) is 79.5 Å². The maximum Gasteiger partial charge on any atom is 0.327 e. The standard InChI is InChI=1S/C22H26N4O3/c1-2-14-7-9-15(10-8-14)20-23-19(29-24-20)13-25-18-6-4-3-5-17(18)21(27)26(22(25)28)16-11-12-16/h7-10,16-18H,2-6,11-13H2,1H3. The van der Waals surface area contributed by atoms with E-state index in [1.807, 2.05) is 12.1 Å². The Bertz CT molecular complexity index is 918. The molecule has 3 fully saturated rings. The van der Waals surface area contributed by atoms with Crippen LogP contribution in [0.5, 0.6) is 0 Å². The molecule has 2 unspecified atom stereocenters. The molecule has 2 saturated carbocycles. The summed E-state index contributed by atoms with van der Waals surface area (Å²) in [6, 6.07) is 7.94. The van der Waals surface area contributed by atoms with Gasteiger partial charge < -0.3 is 9.42 Å². The van der Waals surface area contributed by atoms with Crippen LogP contribution in [0.15, 0.2) is 28.8 Å². The molecule has 2 aliphatic carbocycles. The molecular formula is C22H26N4O3. The van der Waals surface area contributed by atoms with Crippen molar-refractivity contribution >= 4 is 11.9 Å². The predicted molar refractivity (Wildman–Crippen MR) is 106 cm³/mol. The zero-order valence-electron chi connectivity index (χ0n) is 16.7. The first-order valence-corrected chi connectivity index (χ1v) is 10.7. The normalized spacial score (nSPS) is 24.7. The summed E-state index contributed by atoms with van der Waals surface area (Å²) in [5, 5.41) is 4.11. The third kappa shape index (κ3) is 3.32. The highest BCUT2D eigenvalue weighted by molar-refractivity contribution is 5.99. The molecule has 2 aromatic rings. The second-order valence-electron chi connectivity index (χ2n) is 8.37. The van der Waals surface area contributed by atoms with E-state index < -0.39 is 0 Å². The van der Waals surface area contributed by atoms with Crippen molar-refractivity contribution in [1.29, 1.82) is 0 Å². The van der Waals surface area contributed by atoms with Crippen molar-refractivity contribution in [2.75, 3.05) is 0 Å². The number of imide groups is 1. The molecule has 7 heteroatoms. The summed E-state index contributed by atoms with van der Waals surface area (Å²) >= 11 is 0. The number of hydrogen-bond donors (Lipinski definition) is 0. The van der Waals surface area contributed by atoms with Gasteiger partial charge in [-0.15, -0.1) is 0 Å². The van der Waals surface area contributed by atoms with E-state index in [1.54, 1.807) is 4.90 Å². The van der Waals surface area contributed by atoms with Crippen molar-refractivity contribution in [2.24, 2.45) is 5.92 Å². The lowest BCUT2D eigenvalue weighted by atomic mass is 9.81. The fourth-order valence-electron chi connectivity index (χ4n) is 4.65. The second-order valence-corrected chi connectivity index (χ2v) is 8.37. The van der Waals surface area contributed by atoms with Gasteiger partial charge in [-0.1, -0.05) is 49.2 Å². The predicted octanol–water partition coefficient (Wildman–Crippen LogP) is 3.78. The molecule has 3 amide bonds. The molecule has 1 aliphatic heterocycles. The molecule has 29 heavy (non-hydrogen) atoms. The van der Waals surface area contributed by atoms with Gasteiger partial charge in [-0.2, -0.15) is 4.98 Å². The van der Waals surface area contributed by atoms with Gasteiger partial charge in [0, 0.05) is 17.6 Å². The average molecular weight is 394 g/mol. The van der Waals surface area contributed by atoms with Crippen LogP contribution in [0.25, 0.3) is 11.4 Å². The number of fused-ring (bicyclic) bond motifs is 1. The minimum absolute atomic E-state index is 0.0284. The molecule has 1 aromatic heterocycles. The number of hydrogen-bond acceptors (Lipinski definition) is 5. The average Bonchev–Trinajstić information content (AvgIpc) is 3.48. The van der Waals surface area contributed by atoms with Crippen LogP contribution < -0.4 is 0 Å². The Morgan fingerprint density at radius 3 is 2.55 bits per heavy atom. The molecule has 7 nitrogen and oxygen atoms in total. The third-order valence-corrected chi connectivity index (χ3v) is 6.44. The molecule has 2 heterocycles. The summed E-state index contributed by atoms with van der Waals surface area (Å²) in [4.78, 5) is 33.9. The van der Waals surface area contributed by atoms with Crippen molar-refractivity contribution in [3.8, 4) is 11.4 Å². The van der Waals surface area contributed by atoms with Crippen LogP contribution in [0.3, 0.4) is 0 Å². The highest BCUT2D eigenvalue weighted by Crippen LogP contribution is 2.39. The van der Waals surface area contributed by atoms with Gasteiger partial charge in [0.1, 0.15) is 6.54 Å². The number of carbonyl (C=O) groups excluding carboxylic acids is 2. The lowest BCUT2D eigenvalue weighted by Gasteiger charge is -2.46. The number of rotatable bonds is 5. The Labute approximate surface area is 170 Å². The maximum atomic E-state index is 13.2. The Hall–Kier alpha value is -2.70. The smallest absolute Gasteiger partial charge is 0.327 e. The molecule has 0 spiro atoms. The van der Waals surface area contributed by atoms with Crippen molar-refractivity contribution in [3.05, 3.63) is 35.7 Å². The Balaban J connectivity index is 1.38. The highest BCUT2D eigenvalue weighted by atomic mass is 16.5. The van der Waals surface area contributed by atoms with Gasteiger partial charge in [0.15, 0.2) is 0 Å². The van der Waals surface area contributed by atoms with Crippen LogP contribution in [-0.4, -0.2) is 44.0 Å². The second kappa shape index (κ2) is 7.28. The molecule has 2 atom stereocenters. The van der Waals surface area contributed by atoms with Crippen molar-refractivity contribution in [3.63, 3.8) is 0 Å². The molecule has 0 bridgehead atoms. The number of aryl methyl sites for hydroxylation is 1. The Morgan fingerprint density at radius 2 is 1.83 bits per heavy atom. The molecule has 1 saturated heterocycles. The summed E-state index contributed by atoms with van der Waals surface area (Å²) in [6.45, 7) is 2.38. The number of aromatic nitrogens is 2. The van der Waals surface area contributed by atoms with Crippen LogP contribution in [0.4, 0.5) is 4.79 Å². The lowest BCUT2D eigenvalue weighted by Crippen LogP contribution is -2.62. The monoisotopic (exact) mass is 394 g/mol. The lowest BCUT2D eigenvalue weighted by molar-refractivity contribution is -0.141. The number of amides is 3. The van der Waals surface area contributed by atoms with Gasteiger partial charge in [0.25, 0.3) is 0 Å². The summed E-state index contributed by atoms with van der Waals surface area (Å²) in [5.41, 5.74) is 2.15. The minimum atomic E-state index is -0.187. The van der Waals surface area contributed by atoms with Gasteiger partial charge in [-0.05, 0) is 37.7 Å². The fourth-order valence-corrected chi connectivity index (χ4v) is 4.65. The van der Waals surface area contributed by atoms with Crippen LogP contribution in [0, 0.1) is 5.92 Å². The van der Waals surface area contributed by atoms with E-state index in [-0.39, 0.29) is 36.5 Å². The molecule has 3 aliphatic rings. The largest absolute Gasteiger partial charge is 0.337 e. The van der Waals surface area contributed by atoms with E-state index in [9.17, 15) is 9.59 Å². The number of benzene rings is 1. The minimum Gasteiger partial charge on any atom is -0.337 e. The summed E-state index contributed by atoms with van der Waals surface area (Å²) in [6.07, 6.45) is 6.62. The molecule has 0 N–H and O–H groups in total. The van der Waals surface area contributed by atoms with Gasteiger partial charge in [-0.3, -0.25) is 9.69 Å². The molecular weight excluding hydrogens is 368 g/mol. The van der Waals surface area contributed by atoms with Crippen molar-refractivity contribution in [1.82, 2.24) is 19.9 Å². The molecule has 152 valence electrons. The first-order chi connectivity index (χ1) is 14.2. The van der Waals surface area contributed by atoms with E-state index in [0.717, 1.165) is 50.5 Å². The Kier molecular flexibility index (Phi) is 4.60. The fraction of sp³-hybridized carbons (Fsp3) is 0.545. The number of carbonyl (C=O) groups is 2. The van der Waals surface area contributed by atoms with Crippen LogP contribution >= 0.6 is 0 Å². The number of nitrogens with zero attached hydrogens (tertiary/aromatic N) is 4. The van der Waals surface area contributed by atoms with Crippen LogP contribution in [-0.2, 0) is 17.8 Å². The van der Waals surface area contributed by atoms with E-state index >= 15 is 0 Å². The highest BCUT2D eigenvalue weighted by Gasteiger charge is 2.51. The van der Waals surface area contributed by atoms with E-state index in [1.165, 1.54) is 10.5 Å². The quantitative estimate of drug-likeness (QED) is 0.771. The Morgan fingerprint density at radius 1 is 1.07 bits per heavy atom. The van der Waals surface area contributed by atoms with Crippen LogP contribution in [0.1, 0.15) is 56.9 Å². The van der Waals surface area contributed by atoms with E-state index in [2.05, 4.69) is 29.2 Å². The first-order valence-electron chi connectivity index (χ1n) is 10.7. The van der Waals surface area contributed by atoms with Gasteiger partial charge in [0.05, 0.1) is 5.92 Å². The van der Waals surface area contributed by atoms with Crippen molar-refractivity contribution < 1.29 is 14.1 Å². The molecule has 5 rings (SSSR count).